The van der Waals surface area contributed by atoms with Crippen LogP contribution in [0.3, 0.4) is 0 Å². The summed E-state index contributed by atoms with van der Waals surface area (Å²) in [6.45, 7) is 5.37. The molecule has 0 amide bonds. The lowest BCUT2D eigenvalue weighted by Gasteiger charge is -2.19. The molecule has 1 fully saturated rings. The number of hydroxylamine groups is 2. The molecular weight excluding hydrogens is 144 g/mol. The molecule has 0 aliphatic carbocycles. The van der Waals surface area contributed by atoms with Gasteiger partial charge in [0.25, 0.3) is 0 Å². The topological polar surface area (TPSA) is 52.1 Å². The van der Waals surface area contributed by atoms with Crippen molar-refractivity contribution in [3.05, 3.63) is 5.21 Å². The van der Waals surface area contributed by atoms with Crippen LogP contribution in [0.4, 0.5) is 0 Å². The van der Waals surface area contributed by atoms with E-state index in [4.69, 9.17) is 4.74 Å². The lowest BCUT2D eigenvalue weighted by Crippen LogP contribution is -3.11. The minimum Gasteiger partial charge on any atom is -0.631 e. The lowest BCUT2D eigenvalue weighted by atomic mass is 10.5. The highest BCUT2D eigenvalue weighted by Crippen LogP contribution is 2.13. The monoisotopic (exact) mass is 160 g/mol. The van der Waals surface area contributed by atoms with Crippen molar-refractivity contribution in [1.82, 2.24) is 5.32 Å². The van der Waals surface area contributed by atoms with Crippen molar-refractivity contribution in [2.45, 2.75) is 32.6 Å². The van der Waals surface area contributed by atoms with E-state index in [-0.39, 0.29) is 17.4 Å². The van der Waals surface area contributed by atoms with Gasteiger partial charge in [0.15, 0.2) is 0 Å². The molecule has 4 nitrogen and oxygen atoms in total. The van der Waals surface area contributed by atoms with E-state index < -0.39 is 0 Å². The molecule has 1 saturated heterocycles. The van der Waals surface area contributed by atoms with Crippen LogP contribution in [0, 0.1) is 5.21 Å². The second kappa shape index (κ2) is 4.01. The predicted octanol–water partition coefficient (Wildman–Crippen LogP) is -0.929. The van der Waals surface area contributed by atoms with E-state index >= 15 is 0 Å². The number of ether oxygens (including phenoxy) is 1. The Balaban J connectivity index is 1.98. The number of rotatable bonds is 5. The van der Waals surface area contributed by atoms with Crippen LogP contribution in [0.5, 0.6) is 0 Å². The zero-order valence-electron chi connectivity index (χ0n) is 7.09. The first-order valence-corrected chi connectivity index (χ1v) is 4.14. The largest absolute Gasteiger partial charge is 0.631 e. The van der Waals surface area contributed by atoms with Gasteiger partial charge in [-0.25, -0.2) is 0 Å². The Morgan fingerprint density at radius 3 is 2.73 bits per heavy atom. The van der Waals surface area contributed by atoms with Crippen molar-refractivity contribution in [3.63, 3.8) is 0 Å². The van der Waals surface area contributed by atoms with Crippen LogP contribution in [-0.2, 0) is 4.74 Å². The Morgan fingerprint density at radius 2 is 2.27 bits per heavy atom. The molecule has 0 aromatic carbocycles. The summed E-state index contributed by atoms with van der Waals surface area (Å²) >= 11 is 0. The fourth-order valence-electron chi connectivity index (χ4n) is 1.01. The number of hydrogen-bond donors (Lipinski definition) is 2. The number of quaternary nitrogens is 1. The molecule has 0 aromatic heterocycles. The fourth-order valence-corrected chi connectivity index (χ4v) is 1.01. The Hall–Kier alpha value is -0.160. The highest BCUT2D eigenvalue weighted by atomic mass is 16.7. The summed E-state index contributed by atoms with van der Waals surface area (Å²) in [5.74, 6) is 0. The standard InChI is InChI=1S/C7H16N2O2/c1-3-4-8-5-9(10)7-6(2)11-7/h6-9H,3-5H2,1-2H3/t6-,7?/m1/s1. The maximum absolute atomic E-state index is 11.1. The van der Waals surface area contributed by atoms with Gasteiger partial charge in [-0.05, 0) is 19.9 Å². The minimum absolute atomic E-state index is 0.112. The Bertz CT molecular complexity index is 121. The molecule has 0 radical (unpaired) electrons. The molecule has 1 aliphatic heterocycles. The van der Waals surface area contributed by atoms with Crippen LogP contribution in [-0.4, -0.2) is 25.5 Å². The van der Waals surface area contributed by atoms with Crippen LogP contribution in [0.15, 0.2) is 0 Å². The highest BCUT2D eigenvalue weighted by molar-refractivity contribution is 4.68. The van der Waals surface area contributed by atoms with E-state index in [2.05, 4.69) is 12.2 Å². The number of nitrogens with one attached hydrogen (secondary N) is 2. The van der Waals surface area contributed by atoms with Gasteiger partial charge in [0.1, 0.15) is 12.8 Å². The third kappa shape index (κ3) is 2.75. The third-order valence-corrected chi connectivity index (χ3v) is 1.75. The molecule has 1 aliphatic rings. The SMILES string of the molecule is CCCNC[NH+]([O-])C1O[C@@H]1C. The van der Waals surface area contributed by atoms with Crippen molar-refractivity contribution < 1.29 is 9.80 Å². The Kier molecular flexibility index (Phi) is 3.26. The third-order valence-electron chi connectivity index (χ3n) is 1.75. The van der Waals surface area contributed by atoms with Crippen LogP contribution in [0.2, 0.25) is 0 Å². The van der Waals surface area contributed by atoms with Gasteiger partial charge in [0.05, 0.1) is 0 Å². The molecule has 66 valence electrons. The molecule has 0 bridgehead atoms. The first-order chi connectivity index (χ1) is 5.25. The molecule has 0 aromatic rings. The number of hydrogen-bond acceptors (Lipinski definition) is 3. The molecule has 11 heavy (non-hydrogen) atoms. The minimum atomic E-state index is -0.112. The molecular formula is C7H16N2O2. The molecule has 1 rings (SSSR count). The highest BCUT2D eigenvalue weighted by Gasteiger charge is 2.40. The summed E-state index contributed by atoms with van der Waals surface area (Å²) in [6, 6.07) is 0. The van der Waals surface area contributed by atoms with Crippen molar-refractivity contribution in [2.75, 3.05) is 13.2 Å². The van der Waals surface area contributed by atoms with E-state index in [9.17, 15) is 5.21 Å². The first kappa shape index (κ1) is 8.93. The van der Waals surface area contributed by atoms with Crippen LogP contribution in [0.25, 0.3) is 0 Å². The smallest absolute Gasteiger partial charge is 0.219 e. The second-order valence-corrected chi connectivity index (χ2v) is 2.90. The molecule has 0 saturated carbocycles. The van der Waals surface area contributed by atoms with Gasteiger partial charge in [-0.1, -0.05) is 6.92 Å². The quantitative estimate of drug-likeness (QED) is 0.236. The van der Waals surface area contributed by atoms with Gasteiger partial charge >= 0.3 is 0 Å². The summed E-state index contributed by atoms with van der Waals surface area (Å²) < 4.78 is 5.02. The zero-order valence-corrected chi connectivity index (χ0v) is 7.09. The van der Waals surface area contributed by atoms with Gasteiger partial charge < -0.3 is 15.0 Å². The Labute approximate surface area is 67.1 Å². The molecule has 2 N–H and O–H groups in total. The van der Waals surface area contributed by atoms with Gasteiger partial charge in [0, 0.05) is 0 Å². The van der Waals surface area contributed by atoms with Crippen molar-refractivity contribution in [1.29, 1.82) is 0 Å². The van der Waals surface area contributed by atoms with Crippen molar-refractivity contribution >= 4 is 0 Å². The summed E-state index contributed by atoms with van der Waals surface area (Å²) in [4.78, 5) is 0. The molecule has 4 heteroatoms. The second-order valence-electron chi connectivity index (χ2n) is 2.90. The maximum atomic E-state index is 11.1. The predicted molar refractivity (Wildman–Crippen MR) is 41.8 cm³/mol. The lowest BCUT2D eigenvalue weighted by molar-refractivity contribution is -0.874. The van der Waals surface area contributed by atoms with Crippen molar-refractivity contribution in [2.24, 2.45) is 0 Å². The van der Waals surface area contributed by atoms with Gasteiger partial charge in [0.2, 0.25) is 6.23 Å². The first-order valence-electron chi connectivity index (χ1n) is 4.14. The normalized spacial score (nSPS) is 31.9. The van der Waals surface area contributed by atoms with E-state index in [1.807, 2.05) is 6.92 Å². The van der Waals surface area contributed by atoms with E-state index in [0.29, 0.717) is 6.67 Å². The molecule has 0 spiro atoms. The Morgan fingerprint density at radius 1 is 1.64 bits per heavy atom. The van der Waals surface area contributed by atoms with Gasteiger partial charge in [-0.15, -0.1) is 0 Å². The van der Waals surface area contributed by atoms with E-state index in [1.165, 1.54) is 0 Å². The van der Waals surface area contributed by atoms with E-state index in [1.54, 1.807) is 0 Å². The van der Waals surface area contributed by atoms with Crippen molar-refractivity contribution in [3.8, 4) is 0 Å². The van der Waals surface area contributed by atoms with Gasteiger partial charge in [-0.3, -0.25) is 5.32 Å². The van der Waals surface area contributed by atoms with E-state index in [0.717, 1.165) is 13.0 Å². The van der Waals surface area contributed by atoms with Crippen LogP contribution >= 0.6 is 0 Å². The average Bonchev–Trinajstić information content (AvgIpc) is 2.67. The zero-order chi connectivity index (χ0) is 8.27. The number of epoxide rings is 1. The van der Waals surface area contributed by atoms with Crippen LogP contribution in [0.1, 0.15) is 20.3 Å². The average molecular weight is 160 g/mol. The molecule has 1 heterocycles. The van der Waals surface area contributed by atoms with Crippen LogP contribution < -0.4 is 10.4 Å². The molecule has 3 atom stereocenters. The summed E-state index contributed by atoms with van der Waals surface area (Å²) in [7, 11) is 0. The molecule has 2 unspecified atom stereocenters. The van der Waals surface area contributed by atoms with Gasteiger partial charge in [-0.2, -0.15) is 0 Å². The fraction of sp³-hybridized carbons (Fsp3) is 1.00. The summed E-state index contributed by atoms with van der Waals surface area (Å²) in [5, 5.41) is 14.3. The summed E-state index contributed by atoms with van der Waals surface area (Å²) in [5.41, 5.74) is 0. The summed E-state index contributed by atoms with van der Waals surface area (Å²) in [6.07, 6.45) is 1.11. The maximum Gasteiger partial charge on any atom is 0.219 e.